The molecule has 0 aliphatic heterocycles. The maximum absolute atomic E-state index is 12.6. The summed E-state index contributed by atoms with van der Waals surface area (Å²) < 4.78 is 44.2. The van der Waals surface area contributed by atoms with Crippen LogP contribution in [0.5, 0.6) is 0 Å². The van der Waals surface area contributed by atoms with Gasteiger partial charge in [-0.1, -0.05) is 18.2 Å². The lowest BCUT2D eigenvalue weighted by molar-refractivity contribution is -0.137. The van der Waals surface area contributed by atoms with Gasteiger partial charge >= 0.3 is 12.1 Å². The van der Waals surface area contributed by atoms with Crippen molar-refractivity contribution in [1.82, 2.24) is 9.61 Å². The van der Waals surface area contributed by atoms with E-state index in [1.807, 2.05) is 0 Å². The molecule has 124 valence electrons. The summed E-state index contributed by atoms with van der Waals surface area (Å²) in [5.74, 6) is -0.509. The first-order valence-electron chi connectivity index (χ1n) is 7.10. The molecule has 24 heavy (non-hydrogen) atoms. The van der Waals surface area contributed by atoms with E-state index in [9.17, 15) is 18.0 Å². The van der Waals surface area contributed by atoms with Crippen molar-refractivity contribution < 1.29 is 22.7 Å². The Labute approximate surface area is 135 Å². The highest BCUT2D eigenvalue weighted by Gasteiger charge is 2.29. The van der Waals surface area contributed by atoms with Crippen LogP contribution in [-0.2, 0) is 17.3 Å². The molecule has 1 aromatic carbocycles. The van der Waals surface area contributed by atoms with Gasteiger partial charge in [-0.3, -0.25) is 0 Å². The van der Waals surface area contributed by atoms with Gasteiger partial charge in [0.25, 0.3) is 0 Å². The van der Waals surface area contributed by atoms with E-state index in [1.165, 1.54) is 25.4 Å². The molecule has 0 N–H and O–H groups in total. The zero-order chi connectivity index (χ0) is 17.3. The van der Waals surface area contributed by atoms with Gasteiger partial charge in [-0.05, 0) is 35.7 Å². The van der Waals surface area contributed by atoms with E-state index in [0.29, 0.717) is 23.1 Å². The van der Waals surface area contributed by atoms with Crippen LogP contribution in [0.1, 0.15) is 27.0 Å². The van der Waals surface area contributed by atoms with Gasteiger partial charge in [0.2, 0.25) is 0 Å². The molecule has 0 aliphatic carbocycles. The molecule has 0 spiro atoms. The number of aromatic nitrogens is 2. The third kappa shape index (κ3) is 2.97. The monoisotopic (exact) mass is 334 g/mol. The first-order valence-corrected chi connectivity index (χ1v) is 7.10. The van der Waals surface area contributed by atoms with Crippen LogP contribution in [0.2, 0.25) is 0 Å². The topological polar surface area (TPSA) is 43.6 Å². The first-order chi connectivity index (χ1) is 11.4. The van der Waals surface area contributed by atoms with Gasteiger partial charge in [0.05, 0.1) is 24.4 Å². The average molecular weight is 334 g/mol. The summed E-state index contributed by atoms with van der Waals surface area (Å²) in [6.07, 6.45) is -0.879. The quantitative estimate of drug-likeness (QED) is 0.686. The molecule has 0 bridgehead atoms. The van der Waals surface area contributed by atoms with Crippen molar-refractivity contribution in [2.24, 2.45) is 0 Å². The van der Waals surface area contributed by atoms with Crippen LogP contribution in [-0.4, -0.2) is 22.7 Å². The minimum Gasteiger partial charge on any atom is -0.465 e. The molecule has 0 unspecified atom stereocenters. The Morgan fingerprint density at radius 2 is 1.92 bits per heavy atom. The number of alkyl halides is 3. The Balaban J connectivity index is 1.98. The Kier molecular flexibility index (Phi) is 4.01. The van der Waals surface area contributed by atoms with Crippen LogP contribution in [0.15, 0.2) is 48.8 Å². The number of fused-ring (bicyclic) bond motifs is 1. The molecule has 2 aromatic heterocycles. The number of carbonyl (C=O) groups is 1. The lowest BCUT2D eigenvalue weighted by atomic mass is 10.0. The van der Waals surface area contributed by atoms with Gasteiger partial charge in [0, 0.05) is 6.20 Å². The predicted molar refractivity (Wildman–Crippen MR) is 80.8 cm³/mol. The number of hydrogen-bond acceptors (Lipinski definition) is 3. The maximum Gasteiger partial charge on any atom is 0.416 e. The second-order valence-electron chi connectivity index (χ2n) is 5.25. The summed E-state index contributed by atoms with van der Waals surface area (Å²) in [7, 11) is 1.28. The SMILES string of the molecule is COC(=O)c1cnn2cccc(Cc3ccc(C(F)(F)F)cc3)c12. The molecule has 4 nitrogen and oxygen atoms in total. The van der Waals surface area contributed by atoms with Crippen LogP contribution in [0.25, 0.3) is 5.52 Å². The lowest BCUT2D eigenvalue weighted by Gasteiger charge is -2.09. The summed E-state index contributed by atoms with van der Waals surface area (Å²) in [6, 6.07) is 8.53. The maximum atomic E-state index is 12.6. The molecule has 0 saturated heterocycles. The number of carbonyl (C=O) groups excluding carboxylic acids is 1. The Bertz CT molecular complexity index is 883. The number of nitrogens with zero attached hydrogens (tertiary/aromatic N) is 2. The van der Waals surface area contributed by atoms with Crippen molar-refractivity contribution in [3.63, 3.8) is 0 Å². The van der Waals surface area contributed by atoms with Crippen LogP contribution < -0.4 is 0 Å². The molecule has 3 aromatic rings. The summed E-state index contributed by atoms with van der Waals surface area (Å²) in [5.41, 5.74) is 1.69. The second kappa shape index (κ2) is 5.99. The number of hydrogen-bond donors (Lipinski definition) is 0. The minimum absolute atomic E-state index is 0.319. The van der Waals surface area contributed by atoms with Crippen LogP contribution >= 0.6 is 0 Å². The number of ether oxygens (including phenoxy) is 1. The summed E-state index contributed by atoms with van der Waals surface area (Å²) in [5, 5.41) is 4.10. The van der Waals surface area contributed by atoms with E-state index < -0.39 is 17.7 Å². The summed E-state index contributed by atoms with van der Waals surface area (Å²) in [4.78, 5) is 11.8. The van der Waals surface area contributed by atoms with E-state index in [4.69, 9.17) is 4.74 Å². The molecule has 2 heterocycles. The number of methoxy groups -OCH3 is 1. The number of esters is 1. The van der Waals surface area contributed by atoms with Crippen molar-refractivity contribution >= 4 is 11.5 Å². The van der Waals surface area contributed by atoms with Gasteiger partial charge in [-0.25, -0.2) is 9.31 Å². The third-order valence-electron chi connectivity index (χ3n) is 3.71. The number of rotatable bonds is 3. The molecule has 0 radical (unpaired) electrons. The zero-order valence-corrected chi connectivity index (χ0v) is 12.7. The molecule has 0 amide bonds. The fraction of sp³-hybridized carbons (Fsp3) is 0.176. The molecular formula is C17H13F3N2O2. The van der Waals surface area contributed by atoms with Gasteiger partial charge in [-0.15, -0.1) is 0 Å². The van der Waals surface area contributed by atoms with Crippen LogP contribution in [0, 0.1) is 0 Å². The van der Waals surface area contributed by atoms with Crippen molar-refractivity contribution in [3.05, 3.63) is 71.0 Å². The minimum atomic E-state index is -4.36. The van der Waals surface area contributed by atoms with Crippen molar-refractivity contribution in [1.29, 1.82) is 0 Å². The van der Waals surface area contributed by atoms with E-state index in [2.05, 4.69) is 5.10 Å². The summed E-state index contributed by atoms with van der Waals surface area (Å²) in [6.45, 7) is 0. The van der Waals surface area contributed by atoms with Crippen molar-refractivity contribution in [3.8, 4) is 0 Å². The Morgan fingerprint density at radius 3 is 2.54 bits per heavy atom. The Morgan fingerprint density at radius 1 is 1.21 bits per heavy atom. The highest BCUT2D eigenvalue weighted by molar-refractivity contribution is 5.97. The molecule has 0 atom stereocenters. The normalized spacial score (nSPS) is 11.7. The zero-order valence-electron chi connectivity index (χ0n) is 12.7. The van der Waals surface area contributed by atoms with Crippen molar-refractivity contribution in [2.75, 3.05) is 7.11 Å². The number of benzene rings is 1. The predicted octanol–water partition coefficient (Wildman–Crippen LogP) is 3.73. The fourth-order valence-corrected chi connectivity index (χ4v) is 2.55. The van der Waals surface area contributed by atoms with Gasteiger partial charge < -0.3 is 4.74 Å². The summed E-state index contributed by atoms with van der Waals surface area (Å²) >= 11 is 0. The van der Waals surface area contributed by atoms with Gasteiger partial charge in [0.15, 0.2) is 0 Å². The smallest absolute Gasteiger partial charge is 0.416 e. The van der Waals surface area contributed by atoms with E-state index >= 15 is 0 Å². The van der Waals surface area contributed by atoms with Crippen LogP contribution in [0.3, 0.4) is 0 Å². The molecule has 0 saturated carbocycles. The molecule has 0 fully saturated rings. The molecular weight excluding hydrogens is 321 g/mol. The highest BCUT2D eigenvalue weighted by atomic mass is 19.4. The van der Waals surface area contributed by atoms with Crippen molar-refractivity contribution in [2.45, 2.75) is 12.6 Å². The second-order valence-corrected chi connectivity index (χ2v) is 5.25. The first kappa shape index (κ1) is 16.0. The standard InChI is InChI=1S/C17H13F3N2O2/c1-24-16(23)14-10-21-22-8-2-3-12(15(14)22)9-11-4-6-13(7-5-11)17(18,19)20/h2-8,10H,9H2,1H3. The third-order valence-corrected chi connectivity index (χ3v) is 3.71. The van der Waals surface area contributed by atoms with Gasteiger partial charge in [-0.2, -0.15) is 18.3 Å². The molecule has 3 rings (SSSR count). The average Bonchev–Trinajstić information content (AvgIpc) is 2.99. The molecule has 7 heteroatoms. The lowest BCUT2D eigenvalue weighted by Crippen LogP contribution is -2.05. The van der Waals surface area contributed by atoms with E-state index in [-0.39, 0.29) is 0 Å². The van der Waals surface area contributed by atoms with E-state index in [1.54, 1.807) is 22.8 Å². The number of halogens is 3. The number of pyridine rings is 1. The largest absolute Gasteiger partial charge is 0.465 e. The fourth-order valence-electron chi connectivity index (χ4n) is 2.55. The van der Waals surface area contributed by atoms with Crippen LogP contribution in [0.4, 0.5) is 13.2 Å². The molecule has 0 aliphatic rings. The van der Waals surface area contributed by atoms with E-state index in [0.717, 1.165) is 17.7 Å². The van der Waals surface area contributed by atoms with Gasteiger partial charge in [0.1, 0.15) is 5.56 Å². The Hall–Kier alpha value is -2.83. The highest BCUT2D eigenvalue weighted by Crippen LogP contribution is 2.29.